The minimum absolute atomic E-state index is 0.160. The maximum absolute atomic E-state index is 13.7. The largest absolute Gasteiger partial charge is 0.297 e. The molecule has 2 amide bonds. The summed E-state index contributed by atoms with van der Waals surface area (Å²) >= 11 is 5.92. The van der Waals surface area contributed by atoms with E-state index in [9.17, 15) is 18.8 Å². The molecule has 1 unspecified atom stereocenters. The van der Waals surface area contributed by atoms with E-state index in [0.29, 0.717) is 0 Å². The molecule has 0 saturated carbocycles. The fourth-order valence-corrected chi connectivity index (χ4v) is 5.17. The number of hydrogen-bond donors (Lipinski definition) is 0. The smallest absolute Gasteiger partial charge is 0.240 e. The van der Waals surface area contributed by atoms with E-state index < -0.39 is 47.0 Å². The van der Waals surface area contributed by atoms with Crippen molar-refractivity contribution < 1.29 is 18.8 Å². The van der Waals surface area contributed by atoms with Crippen molar-refractivity contribution in [1.82, 2.24) is 5.01 Å². The number of imide groups is 1. The summed E-state index contributed by atoms with van der Waals surface area (Å²) in [5, 5.41) is 5.97. The fraction of sp³-hybridized carbons (Fsp3) is 0.333. The summed E-state index contributed by atoms with van der Waals surface area (Å²) in [4.78, 5) is 41.8. The average molecular weight is 454 g/mol. The topological polar surface area (TPSA) is 70.0 Å². The quantitative estimate of drug-likeness (QED) is 0.645. The van der Waals surface area contributed by atoms with E-state index in [2.05, 4.69) is 5.10 Å². The highest BCUT2D eigenvalue weighted by Crippen LogP contribution is 2.53. The van der Waals surface area contributed by atoms with Gasteiger partial charge in [-0.05, 0) is 29.3 Å². The Morgan fingerprint density at radius 1 is 1.06 bits per heavy atom. The monoisotopic (exact) mass is 453 g/mol. The number of Topliss-reactive ketones (excluding diaryl/α,β-unsaturated/α-hetero) is 1. The van der Waals surface area contributed by atoms with Crippen LogP contribution in [0.5, 0.6) is 0 Å². The van der Waals surface area contributed by atoms with E-state index in [-0.39, 0.29) is 16.5 Å². The van der Waals surface area contributed by atoms with Crippen molar-refractivity contribution in [3.63, 3.8) is 0 Å². The molecule has 6 nitrogen and oxygen atoms in total. The normalized spacial score (nSPS) is 26.3. The van der Waals surface area contributed by atoms with E-state index in [1.165, 1.54) is 12.1 Å². The molecule has 2 saturated heterocycles. The molecule has 3 heterocycles. The van der Waals surface area contributed by atoms with E-state index in [0.717, 1.165) is 22.1 Å². The number of hydrogen-bond acceptors (Lipinski definition) is 5. The van der Waals surface area contributed by atoms with Crippen LogP contribution in [0.1, 0.15) is 37.9 Å². The van der Waals surface area contributed by atoms with Gasteiger partial charge in [-0.25, -0.2) is 9.29 Å². The number of carbonyl (C=O) groups excluding carboxylic acids is 3. The van der Waals surface area contributed by atoms with Crippen LogP contribution in [-0.4, -0.2) is 34.9 Å². The number of fused-ring (bicyclic) bond motifs is 5. The van der Waals surface area contributed by atoms with Crippen LogP contribution in [0.25, 0.3) is 0 Å². The molecule has 5 rings (SSSR count). The van der Waals surface area contributed by atoms with E-state index in [4.69, 9.17) is 11.6 Å². The summed E-state index contributed by atoms with van der Waals surface area (Å²) < 4.78 is 13.7. The standard InChI is InChI=1S/C24H21ClFN3O3/c1-24(2,3)21(30)20-18-17(19-14-7-5-4-6-12(14)11-27-29(19)20)22(31)28(23(18)32)13-8-9-16(26)15(25)10-13/h4-11,17-20H,1-3H3/t17-,18+,19?,20-/m1/s1. The lowest BCUT2D eigenvalue weighted by Crippen LogP contribution is -2.48. The molecule has 0 N–H and O–H groups in total. The summed E-state index contributed by atoms with van der Waals surface area (Å²) in [6.07, 6.45) is 1.67. The van der Waals surface area contributed by atoms with Gasteiger partial charge in [-0.3, -0.25) is 19.4 Å². The van der Waals surface area contributed by atoms with Gasteiger partial charge in [0.15, 0.2) is 5.78 Å². The highest BCUT2D eigenvalue weighted by Gasteiger charge is 2.66. The van der Waals surface area contributed by atoms with E-state index in [1.54, 1.807) is 32.0 Å². The summed E-state index contributed by atoms with van der Waals surface area (Å²) in [6.45, 7) is 5.37. The lowest BCUT2D eigenvalue weighted by molar-refractivity contribution is -0.136. The number of halogens is 2. The number of ketones is 1. The molecule has 2 aromatic carbocycles. The van der Waals surface area contributed by atoms with Gasteiger partial charge in [0.2, 0.25) is 11.8 Å². The first-order chi connectivity index (χ1) is 15.1. The van der Waals surface area contributed by atoms with Gasteiger partial charge in [-0.15, -0.1) is 0 Å². The zero-order chi connectivity index (χ0) is 22.9. The number of anilines is 1. The van der Waals surface area contributed by atoms with Crippen LogP contribution in [0.3, 0.4) is 0 Å². The SMILES string of the molecule is CC(C)(C)C(=O)[C@H]1[C@H]2C(=O)N(c3ccc(F)c(Cl)c3)C(=O)[C@H]2C2c3ccccc3C=NN21. The van der Waals surface area contributed by atoms with Crippen molar-refractivity contribution in [3.05, 3.63) is 64.4 Å². The van der Waals surface area contributed by atoms with Gasteiger partial charge in [0.25, 0.3) is 0 Å². The molecular weight excluding hydrogens is 433 g/mol. The minimum atomic E-state index is -0.897. The van der Waals surface area contributed by atoms with Crippen LogP contribution in [0.2, 0.25) is 5.02 Å². The van der Waals surface area contributed by atoms with Gasteiger partial charge < -0.3 is 0 Å². The third kappa shape index (κ3) is 2.84. The Morgan fingerprint density at radius 2 is 1.75 bits per heavy atom. The number of rotatable bonds is 2. The summed E-state index contributed by atoms with van der Waals surface area (Å²) in [6, 6.07) is 9.83. The highest BCUT2D eigenvalue weighted by molar-refractivity contribution is 6.31. The van der Waals surface area contributed by atoms with Gasteiger partial charge in [0.05, 0.1) is 34.8 Å². The zero-order valence-corrected chi connectivity index (χ0v) is 18.5. The second kappa shape index (κ2) is 6.97. The van der Waals surface area contributed by atoms with Crippen molar-refractivity contribution in [3.8, 4) is 0 Å². The van der Waals surface area contributed by atoms with E-state index >= 15 is 0 Å². The third-order valence-electron chi connectivity index (χ3n) is 6.46. The van der Waals surface area contributed by atoms with Gasteiger partial charge in [0, 0.05) is 5.41 Å². The molecule has 4 atom stereocenters. The van der Waals surface area contributed by atoms with Crippen molar-refractivity contribution >= 4 is 41.1 Å². The molecule has 8 heteroatoms. The number of nitrogens with zero attached hydrogens (tertiary/aromatic N) is 3. The highest BCUT2D eigenvalue weighted by atomic mass is 35.5. The van der Waals surface area contributed by atoms with Gasteiger partial charge in [-0.2, -0.15) is 5.10 Å². The molecule has 164 valence electrons. The lowest BCUT2D eigenvalue weighted by atomic mass is 9.79. The lowest BCUT2D eigenvalue weighted by Gasteiger charge is -2.35. The zero-order valence-electron chi connectivity index (χ0n) is 17.8. The molecule has 0 aliphatic carbocycles. The van der Waals surface area contributed by atoms with Crippen LogP contribution in [-0.2, 0) is 14.4 Å². The van der Waals surface area contributed by atoms with Gasteiger partial charge in [0.1, 0.15) is 11.9 Å². The molecule has 3 aliphatic rings. The second-order valence-corrected chi connectivity index (χ2v) is 9.83. The molecule has 0 bridgehead atoms. The Kier molecular flexibility index (Phi) is 4.53. The predicted molar refractivity (Wildman–Crippen MR) is 118 cm³/mol. The summed E-state index contributed by atoms with van der Waals surface area (Å²) in [5.41, 5.74) is 1.15. The molecular formula is C24H21ClFN3O3. The average Bonchev–Trinajstić information content (AvgIpc) is 3.22. The fourth-order valence-electron chi connectivity index (χ4n) is 4.99. The Hall–Kier alpha value is -3.06. The Balaban J connectivity index is 1.67. The molecule has 0 spiro atoms. The summed E-state index contributed by atoms with van der Waals surface area (Å²) in [7, 11) is 0. The Labute approximate surface area is 189 Å². The first kappa shape index (κ1) is 20.8. The maximum Gasteiger partial charge on any atom is 0.240 e. The second-order valence-electron chi connectivity index (χ2n) is 9.42. The molecule has 3 aliphatic heterocycles. The van der Waals surface area contributed by atoms with Crippen LogP contribution < -0.4 is 4.90 Å². The van der Waals surface area contributed by atoms with Crippen molar-refractivity contribution in [2.45, 2.75) is 32.9 Å². The van der Waals surface area contributed by atoms with Gasteiger partial charge in [-0.1, -0.05) is 56.6 Å². The Morgan fingerprint density at radius 3 is 2.44 bits per heavy atom. The first-order valence-electron chi connectivity index (χ1n) is 10.4. The van der Waals surface area contributed by atoms with Crippen molar-refractivity contribution in [2.75, 3.05) is 4.90 Å². The molecule has 2 fully saturated rings. The van der Waals surface area contributed by atoms with Crippen molar-refractivity contribution in [2.24, 2.45) is 22.4 Å². The Bertz CT molecular complexity index is 1210. The van der Waals surface area contributed by atoms with Crippen LogP contribution in [0.4, 0.5) is 10.1 Å². The van der Waals surface area contributed by atoms with Crippen LogP contribution in [0, 0.1) is 23.1 Å². The van der Waals surface area contributed by atoms with E-state index in [1.807, 2.05) is 24.3 Å². The third-order valence-corrected chi connectivity index (χ3v) is 6.75. The number of amides is 2. The first-order valence-corrected chi connectivity index (χ1v) is 10.8. The predicted octanol–water partition coefficient (Wildman–Crippen LogP) is 3.97. The maximum atomic E-state index is 13.7. The summed E-state index contributed by atoms with van der Waals surface area (Å²) in [5.74, 6) is -3.42. The molecule has 0 aromatic heterocycles. The number of benzene rings is 2. The molecule has 32 heavy (non-hydrogen) atoms. The molecule has 0 radical (unpaired) electrons. The van der Waals surface area contributed by atoms with Crippen LogP contribution >= 0.6 is 11.6 Å². The number of carbonyl (C=O) groups is 3. The van der Waals surface area contributed by atoms with Crippen LogP contribution in [0.15, 0.2) is 47.6 Å². The van der Waals surface area contributed by atoms with Crippen molar-refractivity contribution in [1.29, 1.82) is 0 Å². The molecule has 2 aromatic rings. The number of hydrazone groups is 1. The van der Waals surface area contributed by atoms with Gasteiger partial charge >= 0.3 is 0 Å². The minimum Gasteiger partial charge on any atom is -0.297 e.